The fourth-order valence-corrected chi connectivity index (χ4v) is 5.32. The van der Waals surface area contributed by atoms with Crippen LogP contribution in [-0.2, 0) is 9.57 Å². The van der Waals surface area contributed by atoms with Crippen molar-refractivity contribution in [2.24, 2.45) is 0 Å². The number of anilines is 1. The first-order valence-corrected chi connectivity index (χ1v) is 13.3. The van der Waals surface area contributed by atoms with E-state index in [1.54, 1.807) is 12.4 Å². The number of nitrogens with zero attached hydrogens (tertiary/aromatic N) is 7. The molecule has 0 spiro atoms. The lowest BCUT2D eigenvalue weighted by molar-refractivity contribution is -0.0370. The van der Waals surface area contributed by atoms with Crippen molar-refractivity contribution >= 4 is 28.5 Å². The molecule has 1 atom stereocenters. The molecule has 2 N–H and O–H groups in total. The smallest absolute Gasteiger partial charge is 0.492 e. The quantitative estimate of drug-likeness (QED) is 0.333. The molecular weight excluding hydrogens is 504 g/mol. The number of fused-ring (bicyclic) bond motifs is 3. The van der Waals surface area contributed by atoms with Gasteiger partial charge in [-0.3, -0.25) is 4.98 Å². The average Bonchev–Trinajstić information content (AvgIpc) is 3.52. The summed E-state index contributed by atoms with van der Waals surface area (Å²) < 4.78 is 15.5. The Morgan fingerprint density at radius 2 is 2.08 bits per heavy atom. The molecule has 6 heterocycles. The van der Waals surface area contributed by atoms with Crippen molar-refractivity contribution in [3.8, 4) is 17.0 Å². The Labute approximate surface area is 224 Å². The van der Waals surface area contributed by atoms with Crippen molar-refractivity contribution in [3.63, 3.8) is 0 Å². The Morgan fingerprint density at radius 1 is 1.23 bits per heavy atom. The second-order valence-electron chi connectivity index (χ2n) is 10.2. The number of rotatable bonds is 7. The molecule has 0 bridgehead atoms. The molecule has 2 aliphatic rings. The molecule has 39 heavy (non-hydrogen) atoms. The molecule has 0 aliphatic carbocycles. The number of ether oxygens (including phenoxy) is 2. The van der Waals surface area contributed by atoms with Crippen LogP contribution in [0.4, 0.5) is 10.6 Å². The van der Waals surface area contributed by atoms with Crippen molar-refractivity contribution in [3.05, 3.63) is 30.9 Å². The summed E-state index contributed by atoms with van der Waals surface area (Å²) in [6.07, 6.45) is 10.3. The number of hydrogen-bond donors (Lipinski definition) is 2. The minimum Gasteiger partial charge on any atom is -0.492 e. The van der Waals surface area contributed by atoms with Crippen molar-refractivity contribution in [2.75, 3.05) is 31.2 Å². The lowest BCUT2D eigenvalue weighted by atomic mass is 9.91. The van der Waals surface area contributed by atoms with Gasteiger partial charge in [-0.15, -0.1) is 10.6 Å². The van der Waals surface area contributed by atoms with Crippen LogP contribution in [0.5, 0.6) is 5.75 Å². The largest absolute Gasteiger partial charge is 0.525 e. The van der Waals surface area contributed by atoms with Crippen LogP contribution < -0.4 is 15.1 Å². The fraction of sp³-hybridized carbons (Fsp3) is 0.500. The normalized spacial score (nSPS) is 19.4. The molecule has 6 rings (SSSR count). The summed E-state index contributed by atoms with van der Waals surface area (Å²) in [4.78, 5) is 27.0. The molecule has 0 aromatic carbocycles. The molecule has 13 heteroatoms. The molecule has 13 nitrogen and oxygen atoms in total. The number of carboxylic acid groups (broad SMARTS) is 1. The van der Waals surface area contributed by atoms with E-state index < -0.39 is 11.7 Å². The number of hydrogen-bond acceptors (Lipinski definition) is 10. The van der Waals surface area contributed by atoms with E-state index in [0.29, 0.717) is 44.0 Å². The number of pyridine rings is 1. The third-order valence-electron chi connectivity index (χ3n) is 7.48. The second kappa shape index (κ2) is 10.3. The van der Waals surface area contributed by atoms with Gasteiger partial charge in [-0.1, -0.05) is 0 Å². The van der Waals surface area contributed by atoms with Crippen LogP contribution in [0, 0.1) is 0 Å². The van der Waals surface area contributed by atoms with Crippen LogP contribution in [0.25, 0.3) is 27.8 Å². The molecule has 4 aromatic rings. The van der Waals surface area contributed by atoms with Gasteiger partial charge in [-0.25, -0.2) is 19.0 Å². The highest BCUT2D eigenvalue weighted by Gasteiger charge is 2.32. The van der Waals surface area contributed by atoms with E-state index in [2.05, 4.69) is 20.3 Å². The van der Waals surface area contributed by atoms with Crippen molar-refractivity contribution in [2.45, 2.75) is 57.7 Å². The third kappa shape index (κ3) is 4.94. The van der Waals surface area contributed by atoms with Crippen LogP contribution >= 0.6 is 0 Å². The van der Waals surface area contributed by atoms with Crippen molar-refractivity contribution in [1.82, 2.24) is 34.8 Å². The molecule has 2 fully saturated rings. The first-order chi connectivity index (χ1) is 18.9. The van der Waals surface area contributed by atoms with Gasteiger partial charge in [0.2, 0.25) is 0 Å². The minimum absolute atomic E-state index is 0.118. The van der Waals surface area contributed by atoms with Crippen molar-refractivity contribution < 1.29 is 24.2 Å². The van der Waals surface area contributed by atoms with Crippen LogP contribution in [0.1, 0.15) is 52.2 Å². The summed E-state index contributed by atoms with van der Waals surface area (Å²) in [5.41, 5.74) is 5.45. The zero-order valence-corrected chi connectivity index (χ0v) is 22.0. The lowest BCUT2D eigenvalue weighted by Crippen LogP contribution is -2.52. The Balaban J connectivity index is 1.30. The van der Waals surface area contributed by atoms with Gasteiger partial charge in [0, 0.05) is 25.3 Å². The monoisotopic (exact) mass is 536 g/mol. The molecule has 2 saturated heterocycles. The maximum atomic E-state index is 10.8. The van der Waals surface area contributed by atoms with E-state index in [4.69, 9.17) is 29.6 Å². The highest BCUT2D eigenvalue weighted by molar-refractivity contribution is 6.00. The zero-order valence-electron chi connectivity index (χ0n) is 22.0. The Bertz CT molecular complexity index is 1470. The summed E-state index contributed by atoms with van der Waals surface area (Å²) in [6.45, 7) is 6.54. The van der Waals surface area contributed by atoms with Gasteiger partial charge < -0.3 is 24.3 Å². The SMILES string of the molecule is CCOc1cc(-c2cnc(N3CCC(C)(NOC(=O)O)CC3)cn2)c2c3cnn(C4CCCCO4)c3nn2c1. The molecule has 1 unspecified atom stereocenters. The van der Waals surface area contributed by atoms with Gasteiger partial charge in [-0.2, -0.15) is 5.10 Å². The maximum Gasteiger partial charge on any atom is 0.525 e. The van der Waals surface area contributed by atoms with Crippen LogP contribution in [-0.4, -0.2) is 72.5 Å². The van der Waals surface area contributed by atoms with E-state index in [0.717, 1.165) is 53.8 Å². The zero-order chi connectivity index (χ0) is 27.0. The predicted octanol–water partition coefficient (Wildman–Crippen LogP) is 3.80. The maximum absolute atomic E-state index is 10.8. The summed E-state index contributed by atoms with van der Waals surface area (Å²) in [6, 6.07) is 1.97. The van der Waals surface area contributed by atoms with Crippen LogP contribution in [0.2, 0.25) is 0 Å². The van der Waals surface area contributed by atoms with E-state index in [1.807, 2.05) is 41.5 Å². The van der Waals surface area contributed by atoms with Crippen LogP contribution in [0.3, 0.4) is 0 Å². The highest BCUT2D eigenvalue weighted by Crippen LogP contribution is 2.35. The molecule has 206 valence electrons. The Morgan fingerprint density at radius 3 is 2.77 bits per heavy atom. The summed E-state index contributed by atoms with van der Waals surface area (Å²) in [5, 5.41) is 19.2. The lowest BCUT2D eigenvalue weighted by Gasteiger charge is -2.39. The van der Waals surface area contributed by atoms with E-state index in [1.165, 1.54) is 0 Å². The van der Waals surface area contributed by atoms with E-state index in [9.17, 15) is 4.79 Å². The van der Waals surface area contributed by atoms with Gasteiger partial charge in [-0.05, 0) is 52.0 Å². The van der Waals surface area contributed by atoms with Gasteiger partial charge in [0.15, 0.2) is 11.9 Å². The Hall–Kier alpha value is -3.97. The topological polar surface area (TPSA) is 141 Å². The second-order valence-corrected chi connectivity index (χ2v) is 10.2. The van der Waals surface area contributed by atoms with Crippen LogP contribution in [0.15, 0.2) is 30.9 Å². The van der Waals surface area contributed by atoms with Crippen molar-refractivity contribution in [1.29, 1.82) is 0 Å². The molecule has 4 aromatic heterocycles. The van der Waals surface area contributed by atoms with Gasteiger partial charge in [0.1, 0.15) is 11.6 Å². The van der Waals surface area contributed by atoms with E-state index >= 15 is 0 Å². The number of piperidine rings is 1. The number of carbonyl (C=O) groups is 1. The molecule has 2 aliphatic heterocycles. The average molecular weight is 537 g/mol. The summed E-state index contributed by atoms with van der Waals surface area (Å²) >= 11 is 0. The minimum atomic E-state index is -1.34. The first kappa shape index (κ1) is 25.3. The van der Waals surface area contributed by atoms with Gasteiger partial charge >= 0.3 is 6.16 Å². The molecule has 0 saturated carbocycles. The fourth-order valence-electron chi connectivity index (χ4n) is 5.32. The number of aromatic nitrogens is 6. The Kier molecular flexibility index (Phi) is 6.69. The molecule has 0 radical (unpaired) electrons. The molecular formula is C26H32N8O5. The number of hydroxylamine groups is 1. The summed E-state index contributed by atoms with van der Waals surface area (Å²) in [5.74, 6) is 1.45. The van der Waals surface area contributed by atoms with E-state index in [-0.39, 0.29) is 6.23 Å². The highest BCUT2D eigenvalue weighted by atomic mass is 16.8. The standard InChI is InChI=1S/C26H32N8O5/c1-3-37-17-12-18(23-19-13-29-34(22-6-4-5-11-38-22)24(19)30-33(23)16-17)20-14-28-21(15-27-20)32-9-7-26(2,8-10-32)31-39-25(35)36/h12-16,22,31H,3-11H2,1-2H3,(H,35,36). The summed E-state index contributed by atoms with van der Waals surface area (Å²) in [7, 11) is 0. The first-order valence-electron chi connectivity index (χ1n) is 13.3. The van der Waals surface area contributed by atoms with Gasteiger partial charge in [0.25, 0.3) is 0 Å². The third-order valence-corrected chi connectivity index (χ3v) is 7.48. The molecule has 0 amide bonds. The number of nitrogens with one attached hydrogen (secondary N) is 1. The predicted molar refractivity (Wildman–Crippen MR) is 142 cm³/mol. The van der Waals surface area contributed by atoms with Gasteiger partial charge in [0.05, 0.1) is 53.5 Å².